The Bertz CT molecular complexity index is 419. The predicted octanol–water partition coefficient (Wildman–Crippen LogP) is 3.56. The molecule has 2 heterocycles. The van der Waals surface area contributed by atoms with Crippen LogP contribution in [0.4, 0.5) is 0 Å². The SMILES string of the molecule is CCCN1C2CCCC1C(O)C(c1ccccc1)CC2. The van der Waals surface area contributed by atoms with Gasteiger partial charge in [0.1, 0.15) is 0 Å². The van der Waals surface area contributed by atoms with Crippen LogP contribution in [0.5, 0.6) is 0 Å². The highest BCUT2D eigenvalue weighted by Gasteiger charge is 2.41. The second-order valence-corrected chi connectivity index (χ2v) is 6.48. The second kappa shape index (κ2) is 6.28. The Hall–Kier alpha value is -0.860. The summed E-state index contributed by atoms with van der Waals surface area (Å²) in [5, 5.41) is 11.0. The van der Waals surface area contributed by atoms with Gasteiger partial charge in [-0.2, -0.15) is 0 Å². The van der Waals surface area contributed by atoms with E-state index in [0.717, 1.165) is 13.0 Å². The quantitative estimate of drug-likeness (QED) is 0.910. The van der Waals surface area contributed by atoms with Crippen LogP contribution in [0.25, 0.3) is 0 Å². The number of rotatable bonds is 3. The number of aliphatic hydroxyl groups is 1. The van der Waals surface area contributed by atoms with Crippen LogP contribution in [0.3, 0.4) is 0 Å². The van der Waals surface area contributed by atoms with Gasteiger partial charge in [0.05, 0.1) is 6.10 Å². The molecule has 20 heavy (non-hydrogen) atoms. The zero-order chi connectivity index (χ0) is 13.9. The van der Waals surface area contributed by atoms with Gasteiger partial charge in [0.15, 0.2) is 0 Å². The Morgan fingerprint density at radius 3 is 2.65 bits per heavy atom. The van der Waals surface area contributed by atoms with Gasteiger partial charge in [-0.1, -0.05) is 43.7 Å². The van der Waals surface area contributed by atoms with Gasteiger partial charge in [-0.3, -0.25) is 4.90 Å². The molecule has 2 bridgehead atoms. The molecule has 0 aliphatic carbocycles. The van der Waals surface area contributed by atoms with Crippen molar-refractivity contribution in [2.24, 2.45) is 0 Å². The summed E-state index contributed by atoms with van der Waals surface area (Å²) < 4.78 is 0. The summed E-state index contributed by atoms with van der Waals surface area (Å²) in [6.07, 6.45) is 7.14. The first-order valence-corrected chi connectivity index (χ1v) is 8.30. The van der Waals surface area contributed by atoms with E-state index in [-0.39, 0.29) is 6.10 Å². The van der Waals surface area contributed by atoms with Gasteiger partial charge in [0, 0.05) is 18.0 Å². The summed E-state index contributed by atoms with van der Waals surface area (Å²) in [4.78, 5) is 2.62. The summed E-state index contributed by atoms with van der Waals surface area (Å²) in [5.41, 5.74) is 1.32. The van der Waals surface area contributed by atoms with E-state index in [2.05, 4.69) is 42.2 Å². The van der Waals surface area contributed by atoms with Crippen molar-refractivity contribution in [2.75, 3.05) is 6.54 Å². The van der Waals surface area contributed by atoms with Crippen LogP contribution < -0.4 is 0 Å². The zero-order valence-corrected chi connectivity index (χ0v) is 12.5. The average Bonchev–Trinajstić information content (AvgIpc) is 2.56. The first-order chi connectivity index (χ1) is 9.81. The zero-order valence-electron chi connectivity index (χ0n) is 12.5. The molecule has 0 amide bonds. The normalized spacial score (nSPS) is 34.7. The summed E-state index contributed by atoms with van der Waals surface area (Å²) in [6.45, 7) is 3.40. The van der Waals surface area contributed by atoms with Gasteiger partial charge < -0.3 is 5.11 Å². The lowest BCUT2D eigenvalue weighted by Gasteiger charge is -2.42. The van der Waals surface area contributed by atoms with E-state index in [4.69, 9.17) is 0 Å². The van der Waals surface area contributed by atoms with Crippen molar-refractivity contribution in [1.82, 2.24) is 4.90 Å². The Kier molecular flexibility index (Phi) is 4.42. The van der Waals surface area contributed by atoms with Crippen molar-refractivity contribution in [3.8, 4) is 0 Å². The lowest BCUT2D eigenvalue weighted by Crippen LogP contribution is -2.51. The lowest BCUT2D eigenvalue weighted by molar-refractivity contribution is 0.00114. The molecule has 3 rings (SSSR count). The molecule has 2 fully saturated rings. The molecule has 4 unspecified atom stereocenters. The fraction of sp³-hybridized carbons (Fsp3) is 0.667. The fourth-order valence-corrected chi connectivity index (χ4v) is 4.32. The first kappa shape index (κ1) is 14.1. The van der Waals surface area contributed by atoms with E-state index in [1.165, 1.54) is 37.7 Å². The lowest BCUT2D eigenvalue weighted by atomic mass is 9.85. The van der Waals surface area contributed by atoms with Crippen LogP contribution in [0.2, 0.25) is 0 Å². The molecule has 2 aliphatic rings. The van der Waals surface area contributed by atoms with Crippen molar-refractivity contribution < 1.29 is 5.11 Å². The Morgan fingerprint density at radius 2 is 1.90 bits per heavy atom. The molecule has 2 aliphatic heterocycles. The molecule has 0 spiro atoms. The maximum Gasteiger partial charge on any atom is 0.0763 e. The number of hydrogen-bond acceptors (Lipinski definition) is 2. The monoisotopic (exact) mass is 273 g/mol. The van der Waals surface area contributed by atoms with Crippen LogP contribution >= 0.6 is 0 Å². The topological polar surface area (TPSA) is 23.5 Å². The molecule has 0 saturated carbocycles. The van der Waals surface area contributed by atoms with Gasteiger partial charge in [-0.25, -0.2) is 0 Å². The minimum Gasteiger partial charge on any atom is -0.391 e. The molecule has 0 aromatic heterocycles. The molecular weight excluding hydrogens is 246 g/mol. The number of piperidine rings is 1. The minimum atomic E-state index is -0.200. The third kappa shape index (κ3) is 2.64. The summed E-state index contributed by atoms with van der Waals surface area (Å²) >= 11 is 0. The van der Waals surface area contributed by atoms with E-state index < -0.39 is 0 Å². The smallest absolute Gasteiger partial charge is 0.0763 e. The highest BCUT2D eigenvalue weighted by atomic mass is 16.3. The van der Waals surface area contributed by atoms with E-state index >= 15 is 0 Å². The van der Waals surface area contributed by atoms with Gasteiger partial charge >= 0.3 is 0 Å². The molecular formula is C18H27NO. The third-order valence-electron chi connectivity index (χ3n) is 5.26. The summed E-state index contributed by atoms with van der Waals surface area (Å²) in [7, 11) is 0. The van der Waals surface area contributed by atoms with Crippen molar-refractivity contribution in [1.29, 1.82) is 0 Å². The fourth-order valence-electron chi connectivity index (χ4n) is 4.32. The molecule has 2 saturated heterocycles. The van der Waals surface area contributed by atoms with Gasteiger partial charge in [-0.15, -0.1) is 0 Å². The minimum absolute atomic E-state index is 0.200. The molecule has 0 radical (unpaired) electrons. The average molecular weight is 273 g/mol. The van der Waals surface area contributed by atoms with E-state index in [1.807, 2.05) is 0 Å². The Morgan fingerprint density at radius 1 is 1.10 bits per heavy atom. The number of benzene rings is 1. The molecule has 1 aromatic carbocycles. The maximum absolute atomic E-state index is 11.0. The first-order valence-electron chi connectivity index (χ1n) is 8.30. The Balaban J connectivity index is 1.86. The maximum atomic E-state index is 11.0. The summed E-state index contributed by atoms with van der Waals surface area (Å²) in [6, 6.07) is 11.7. The third-order valence-corrected chi connectivity index (χ3v) is 5.26. The predicted molar refractivity (Wildman–Crippen MR) is 82.8 cm³/mol. The van der Waals surface area contributed by atoms with Gasteiger partial charge in [-0.05, 0) is 44.2 Å². The van der Waals surface area contributed by atoms with Crippen LogP contribution in [-0.2, 0) is 0 Å². The highest BCUT2D eigenvalue weighted by molar-refractivity contribution is 5.22. The van der Waals surface area contributed by atoms with Crippen molar-refractivity contribution in [2.45, 2.75) is 69.6 Å². The standard InChI is InChI=1S/C18H27NO/c1-2-13-19-15-9-6-10-17(19)18(20)16(12-11-15)14-7-4-3-5-8-14/h3-5,7-8,15-18,20H,2,6,9-13H2,1H3. The second-order valence-electron chi connectivity index (χ2n) is 6.48. The largest absolute Gasteiger partial charge is 0.391 e. The summed E-state index contributed by atoms with van der Waals surface area (Å²) in [5.74, 6) is 0.323. The van der Waals surface area contributed by atoms with E-state index in [1.54, 1.807) is 0 Å². The highest BCUT2D eigenvalue weighted by Crippen LogP contribution is 2.39. The van der Waals surface area contributed by atoms with Crippen molar-refractivity contribution >= 4 is 0 Å². The molecule has 2 heteroatoms. The van der Waals surface area contributed by atoms with Crippen molar-refractivity contribution in [3.05, 3.63) is 35.9 Å². The number of fused-ring (bicyclic) bond motifs is 2. The number of aliphatic hydroxyl groups excluding tert-OH is 1. The van der Waals surface area contributed by atoms with Crippen LogP contribution in [0.15, 0.2) is 30.3 Å². The van der Waals surface area contributed by atoms with Gasteiger partial charge in [0.2, 0.25) is 0 Å². The molecule has 1 aromatic rings. The molecule has 2 nitrogen and oxygen atoms in total. The Labute approximate surface area is 122 Å². The van der Waals surface area contributed by atoms with E-state index in [0.29, 0.717) is 18.0 Å². The molecule has 4 atom stereocenters. The van der Waals surface area contributed by atoms with Crippen LogP contribution in [0.1, 0.15) is 56.9 Å². The molecule has 110 valence electrons. The van der Waals surface area contributed by atoms with Crippen LogP contribution in [0, 0.1) is 0 Å². The molecule has 1 N–H and O–H groups in total. The van der Waals surface area contributed by atoms with Crippen LogP contribution in [-0.4, -0.2) is 34.7 Å². The number of hydrogen-bond donors (Lipinski definition) is 1. The van der Waals surface area contributed by atoms with E-state index in [9.17, 15) is 5.11 Å². The van der Waals surface area contributed by atoms with Crippen molar-refractivity contribution in [3.63, 3.8) is 0 Å². The number of nitrogens with zero attached hydrogens (tertiary/aromatic N) is 1. The van der Waals surface area contributed by atoms with Gasteiger partial charge in [0.25, 0.3) is 0 Å².